The van der Waals surface area contributed by atoms with Crippen molar-refractivity contribution in [2.45, 2.75) is 6.54 Å². The maximum atomic E-state index is 5.35. The van der Waals surface area contributed by atoms with Gasteiger partial charge in [0.05, 0.1) is 14.2 Å². The Balaban J connectivity index is 1.73. The van der Waals surface area contributed by atoms with Crippen molar-refractivity contribution in [2.24, 2.45) is 0 Å². The number of nitrogens with one attached hydrogen (secondary N) is 1. The van der Waals surface area contributed by atoms with Crippen LogP contribution in [0.25, 0.3) is 11.4 Å². The minimum absolute atomic E-state index is 0.355. The van der Waals surface area contributed by atoms with E-state index in [9.17, 15) is 0 Å². The van der Waals surface area contributed by atoms with Crippen LogP contribution in [-0.4, -0.2) is 24.4 Å². The molecule has 0 fully saturated rings. The van der Waals surface area contributed by atoms with Crippen molar-refractivity contribution in [2.75, 3.05) is 19.5 Å². The van der Waals surface area contributed by atoms with Crippen LogP contribution in [0.4, 0.5) is 6.01 Å². The minimum Gasteiger partial charge on any atom is -0.497 e. The Morgan fingerprint density at radius 1 is 1.04 bits per heavy atom. The molecule has 1 N–H and O–H groups in total. The zero-order valence-corrected chi connectivity index (χ0v) is 12.9. The highest BCUT2D eigenvalue weighted by molar-refractivity contribution is 5.55. The van der Waals surface area contributed by atoms with E-state index in [1.165, 1.54) is 0 Å². The van der Waals surface area contributed by atoms with Crippen LogP contribution < -0.4 is 14.8 Å². The van der Waals surface area contributed by atoms with Crippen molar-refractivity contribution >= 4 is 6.01 Å². The van der Waals surface area contributed by atoms with Gasteiger partial charge in [-0.25, -0.2) is 0 Å². The summed E-state index contributed by atoms with van der Waals surface area (Å²) in [5.41, 5.74) is 1.84. The Hall–Kier alpha value is -3.02. The second kappa shape index (κ2) is 6.83. The topological polar surface area (TPSA) is 69.4 Å². The summed E-state index contributed by atoms with van der Waals surface area (Å²) in [7, 11) is 3.26. The molecule has 0 bridgehead atoms. The van der Waals surface area contributed by atoms with Gasteiger partial charge in [0.1, 0.15) is 11.5 Å². The third kappa shape index (κ3) is 3.42. The summed E-state index contributed by atoms with van der Waals surface area (Å²) >= 11 is 0. The molecular formula is C17H17N3O3. The standard InChI is InChI=1S/C17H17N3O3/c1-21-14-8-9-15(22-2)13(10-14)11-18-17-19-16(20-23-17)12-6-4-3-5-7-12/h3-10H,11H2,1-2H3,(H,18,19,20). The van der Waals surface area contributed by atoms with E-state index in [0.29, 0.717) is 18.4 Å². The SMILES string of the molecule is COc1ccc(OC)c(CNc2nc(-c3ccccc3)no2)c1. The molecule has 0 radical (unpaired) electrons. The molecule has 0 saturated heterocycles. The van der Waals surface area contributed by atoms with Gasteiger partial charge in [-0.1, -0.05) is 35.5 Å². The molecule has 1 aromatic heterocycles. The molecular weight excluding hydrogens is 294 g/mol. The highest BCUT2D eigenvalue weighted by Crippen LogP contribution is 2.25. The van der Waals surface area contributed by atoms with E-state index >= 15 is 0 Å². The zero-order chi connectivity index (χ0) is 16.1. The van der Waals surface area contributed by atoms with Crippen LogP contribution in [0, 0.1) is 0 Å². The Bertz CT molecular complexity index is 772. The molecule has 0 spiro atoms. The Labute approximate surface area is 134 Å². The first kappa shape index (κ1) is 14.9. The van der Waals surface area contributed by atoms with Gasteiger partial charge in [-0.2, -0.15) is 4.98 Å². The van der Waals surface area contributed by atoms with E-state index in [1.54, 1.807) is 14.2 Å². The Morgan fingerprint density at radius 2 is 1.87 bits per heavy atom. The number of hydrogen-bond donors (Lipinski definition) is 1. The van der Waals surface area contributed by atoms with E-state index in [0.717, 1.165) is 22.6 Å². The molecule has 118 valence electrons. The molecule has 6 heteroatoms. The van der Waals surface area contributed by atoms with Gasteiger partial charge < -0.3 is 19.3 Å². The molecule has 3 rings (SSSR count). The van der Waals surface area contributed by atoms with Crippen molar-refractivity contribution in [1.82, 2.24) is 10.1 Å². The fourth-order valence-corrected chi connectivity index (χ4v) is 2.19. The lowest BCUT2D eigenvalue weighted by atomic mass is 10.2. The van der Waals surface area contributed by atoms with Crippen LogP contribution >= 0.6 is 0 Å². The van der Waals surface area contributed by atoms with Gasteiger partial charge in [0.15, 0.2) is 0 Å². The van der Waals surface area contributed by atoms with Crippen LogP contribution in [0.2, 0.25) is 0 Å². The number of rotatable bonds is 6. The summed E-state index contributed by atoms with van der Waals surface area (Å²) in [5.74, 6) is 2.07. The molecule has 3 aromatic rings. The average Bonchev–Trinajstić information content (AvgIpc) is 3.09. The highest BCUT2D eigenvalue weighted by Gasteiger charge is 2.10. The lowest BCUT2D eigenvalue weighted by molar-refractivity contribution is 0.398. The third-order valence-electron chi connectivity index (χ3n) is 3.38. The molecule has 0 aliphatic heterocycles. The van der Waals surface area contributed by atoms with Crippen molar-refractivity contribution in [3.8, 4) is 22.9 Å². The first-order valence-electron chi connectivity index (χ1n) is 7.14. The molecule has 6 nitrogen and oxygen atoms in total. The van der Waals surface area contributed by atoms with Crippen LogP contribution in [-0.2, 0) is 6.54 Å². The second-order valence-electron chi connectivity index (χ2n) is 4.82. The molecule has 0 saturated carbocycles. The van der Waals surface area contributed by atoms with Gasteiger partial charge in [0.25, 0.3) is 0 Å². The molecule has 0 atom stereocenters. The van der Waals surface area contributed by atoms with Crippen LogP contribution in [0.3, 0.4) is 0 Å². The zero-order valence-electron chi connectivity index (χ0n) is 12.9. The molecule has 0 aliphatic rings. The summed E-state index contributed by atoms with van der Waals surface area (Å²) in [6, 6.07) is 15.6. The van der Waals surface area contributed by atoms with Gasteiger partial charge in [-0.15, -0.1) is 0 Å². The molecule has 0 unspecified atom stereocenters. The van der Waals surface area contributed by atoms with Gasteiger partial charge in [-0.3, -0.25) is 0 Å². The fraction of sp³-hybridized carbons (Fsp3) is 0.176. The number of aromatic nitrogens is 2. The van der Waals surface area contributed by atoms with Crippen LogP contribution in [0.1, 0.15) is 5.56 Å². The summed E-state index contributed by atoms with van der Waals surface area (Å²) < 4.78 is 15.8. The maximum Gasteiger partial charge on any atom is 0.322 e. The quantitative estimate of drug-likeness (QED) is 0.752. The third-order valence-corrected chi connectivity index (χ3v) is 3.38. The number of methoxy groups -OCH3 is 2. The molecule has 2 aromatic carbocycles. The van der Waals surface area contributed by atoms with Gasteiger partial charge >= 0.3 is 6.01 Å². The number of nitrogens with zero attached hydrogens (tertiary/aromatic N) is 2. The molecule has 1 heterocycles. The summed E-state index contributed by atoms with van der Waals surface area (Å²) in [5, 5.41) is 7.07. The van der Waals surface area contributed by atoms with Crippen LogP contribution in [0.15, 0.2) is 53.1 Å². The fourth-order valence-electron chi connectivity index (χ4n) is 2.19. The second-order valence-corrected chi connectivity index (χ2v) is 4.82. The molecule has 23 heavy (non-hydrogen) atoms. The van der Waals surface area contributed by atoms with Crippen molar-refractivity contribution in [3.63, 3.8) is 0 Å². The first-order valence-corrected chi connectivity index (χ1v) is 7.14. The molecule has 0 amide bonds. The predicted octanol–water partition coefficient (Wildman–Crippen LogP) is 3.37. The largest absolute Gasteiger partial charge is 0.497 e. The lowest BCUT2D eigenvalue weighted by Crippen LogP contribution is -2.02. The van der Waals surface area contributed by atoms with Crippen LogP contribution in [0.5, 0.6) is 11.5 Å². The van der Waals surface area contributed by atoms with E-state index in [1.807, 2.05) is 48.5 Å². The van der Waals surface area contributed by atoms with Gasteiger partial charge in [-0.05, 0) is 18.2 Å². The summed E-state index contributed by atoms with van der Waals surface area (Å²) in [6.07, 6.45) is 0. The minimum atomic E-state index is 0.355. The number of anilines is 1. The first-order chi connectivity index (χ1) is 11.3. The van der Waals surface area contributed by atoms with E-state index in [4.69, 9.17) is 14.0 Å². The normalized spacial score (nSPS) is 10.3. The van der Waals surface area contributed by atoms with E-state index < -0.39 is 0 Å². The van der Waals surface area contributed by atoms with E-state index in [2.05, 4.69) is 15.5 Å². The molecule has 0 aliphatic carbocycles. The summed E-state index contributed by atoms with van der Waals surface area (Å²) in [4.78, 5) is 4.33. The van der Waals surface area contributed by atoms with Crippen molar-refractivity contribution < 1.29 is 14.0 Å². The van der Waals surface area contributed by atoms with E-state index in [-0.39, 0.29) is 0 Å². The van der Waals surface area contributed by atoms with Crippen molar-refractivity contribution in [1.29, 1.82) is 0 Å². The Kier molecular flexibility index (Phi) is 4.42. The van der Waals surface area contributed by atoms with Crippen molar-refractivity contribution in [3.05, 3.63) is 54.1 Å². The van der Waals surface area contributed by atoms with Gasteiger partial charge in [0.2, 0.25) is 5.82 Å². The number of benzene rings is 2. The van der Waals surface area contributed by atoms with Gasteiger partial charge in [0, 0.05) is 17.7 Å². The lowest BCUT2D eigenvalue weighted by Gasteiger charge is -2.10. The smallest absolute Gasteiger partial charge is 0.322 e. The number of ether oxygens (including phenoxy) is 2. The monoisotopic (exact) mass is 311 g/mol. The highest BCUT2D eigenvalue weighted by atomic mass is 16.5. The average molecular weight is 311 g/mol. The Morgan fingerprint density at radius 3 is 2.61 bits per heavy atom. The maximum absolute atomic E-state index is 5.35. The predicted molar refractivity (Wildman–Crippen MR) is 86.6 cm³/mol. The number of hydrogen-bond acceptors (Lipinski definition) is 6. The summed E-state index contributed by atoms with van der Waals surface area (Å²) in [6.45, 7) is 0.483.